The predicted molar refractivity (Wildman–Crippen MR) is 138 cm³/mol. The number of nitrogens with zero attached hydrogens (tertiary/aromatic N) is 3. The Morgan fingerprint density at radius 2 is 1.89 bits per heavy atom. The molecule has 1 aliphatic heterocycles. The summed E-state index contributed by atoms with van der Waals surface area (Å²) < 4.78 is 9.68. The summed E-state index contributed by atoms with van der Waals surface area (Å²) in [6.45, 7) is 4.55. The van der Waals surface area contributed by atoms with E-state index in [0.717, 1.165) is 47.8 Å². The molecule has 0 radical (unpaired) electrons. The highest BCUT2D eigenvalue weighted by atomic mass is 16.3. The molecule has 1 atom stereocenters. The van der Waals surface area contributed by atoms with Crippen molar-refractivity contribution in [3.8, 4) is 5.69 Å². The fourth-order valence-electron chi connectivity index (χ4n) is 5.91. The monoisotopic (exact) mass is 484 g/mol. The lowest BCUT2D eigenvalue weighted by Gasteiger charge is -2.44. The van der Waals surface area contributed by atoms with Gasteiger partial charge in [-0.2, -0.15) is 0 Å². The number of carbonyl (C=O) groups excluding carboxylic acids is 2. The molecule has 0 unspecified atom stereocenters. The molecule has 1 N–H and O–H groups in total. The number of aryl methyl sites for hydroxylation is 1. The first-order valence-electron chi connectivity index (χ1n) is 12.9. The van der Waals surface area contributed by atoms with E-state index in [2.05, 4.69) is 30.4 Å². The fraction of sp³-hybridized carbons (Fsp3) is 0.379. The highest BCUT2D eigenvalue weighted by Crippen LogP contribution is 2.39. The second-order valence-corrected chi connectivity index (χ2v) is 10.4. The van der Waals surface area contributed by atoms with Crippen molar-refractivity contribution in [3.63, 3.8) is 0 Å². The molecule has 36 heavy (non-hydrogen) atoms. The van der Waals surface area contributed by atoms with Crippen molar-refractivity contribution in [2.45, 2.75) is 70.6 Å². The smallest absolute Gasteiger partial charge is 0.274 e. The van der Waals surface area contributed by atoms with E-state index in [-0.39, 0.29) is 24.4 Å². The second-order valence-electron chi connectivity index (χ2n) is 10.4. The Bertz CT molecular complexity index is 1410. The molecule has 4 heterocycles. The average molecular weight is 485 g/mol. The lowest BCUT2D eigenvalue weighted by atomic mass is 9.91. The van der Waals surface area contributed by atoms with Crippen LogP contribution >= 0.6 is 0 Å². The van der Waals surface area contributed by atoms with Gasteiger partial charge < -0.3 is 23.8 Å². The summed E-state index contributed by atoms with van der Waals surface area (Å²) in [7, 11) is 0. The van der Waals surface area contributed by atoms with Crippen LogP contribution in [-0.4, -0.2) is 37.4 Å². The maximum atomic E-state index is 14.4. The van der Waals surface area contributed by atoms with Gasteiger partial charge in [-0.3, -0.25) is 9.59 Å². The van der Waals surface area contributed by atoms with Gasteiger partial charge in [0, 0.05) is 23.8 Å². The minimum atomic E-state index is -1.07. The van der Waals surface area contributed by atoms with Crippen molar-refractivity contribution < 1.29 is 14.0 Å². The van der Waals surface area contributed by atoms with Crippen LogP contribution in [0.1, 0.15) is 60.8 Å². The number of amides is 2. The van der Waals surface area contributed by atoms with Gasteiger partial charge in [0.05, 0.1) is 30.6 Å². The summed E-state index contributed by atoms with van der Waals surface area (Å²) in [6, 6.07) is 14.0. The van der Waals surface area contributed by atoms with Crippen molar-refractivity contribution in [2.24, 2.45) is 0 Å². The SMILES string of the molecule is Cc1ccc2c(c1)c(-n1cccc1)c1n2C[C@@](C)(C(=O)NC2CCCCC2)N(Cc2ccco2)C1=O. The number of fused-ring (bicyclic) bond motifs is 3. The van der Waals surface area contributed by atoms with Crippen molar-refractivity contribution in [3.05, 3.63) is 78.1 Å². The average Bonchev–Trinajstić information content (AvgIpc) is 3.63. The Morgan fingerprint density at radius 1 is 1.11 bits per heavy atom. The van der Waals surface area contributed by atoms with E-state index in [1.807, 2.05) is 52.7 Å². The lowest BCUT2D eigenvalue weighted by Crippen LogP contribution is -2.64. The van der Waals surface area contributed by atoms with Crippen LogP contribution in [0.25, 0.3) is 16.6 Å². The summed E-state index contributed by atoms with van der Waals surface area (Å²) in [5.41, 5.74) is 2.46. The van der Waals surface area contributed by atoms with Crippen molar-refractivity contribution in [2.75, 3.05) is 0 Å². The zero-order chi connectivity index (χ0) is 24.9. The summed E-state index contributed by atoms with van der Waals surface area (Å²) >= 11 is 0. The number of hydrogen-bond donors (Lipinski definition) is 1. The van der Waals surface area contributed by atoms with E-state index in [9.17, 15) is 9.59 Å². The largest absolute Gasteiger partial charge is 0.467 e. The van der Waals surface area contributed by atoms with Crippen molar-refractivity contribution in [1.82, 2.24) is 19.4 Å². The van der Waals surface area contributed by atoms with Crippen molar-refractivity contribution >= 4 is 22.7 Å². The van der Waals surface area contributed by atoms with Crippen LogP contribution in [0.5, 0.6) is 0 Å². The van der Waals surface area contributed by atoms with Gasteiger partial charge >= 0.3 is 0 Å². The Kier molecular flexibility index (Phi) is 5.51. The lowest BCUT2D eigenvalue weighted by molar-refractivity contribution is -0.134. The first-order valence-corrected chi connectivity index (χ1v) is 12.9. The zero-order valence-corrected chi connectivity index (χ0v) is 20.9. The molecule has 1 aromatic carbocycles. The Morgan fingerprint density at radius 3 is 2.61 bits per heavy atom. The zero-order valence-electron chi connectivity index (χ0n) is 20.9. The molecule has 0 saturated heterocycles. The normalized spacial score (nSPS) is 20.6. The molecule has 2 aliphatic rings. The molecule has 1 saturated carbocycles. The van der Waals surface area contributed by atoms with E-state index in [1.165, 1.54) is 6.42 Å². The summed E-state index contributed by atoms with van der Waals surface area (Å²) in [5.74, 6) is 0.385. The number of nitrogens with one attached hydrogen (secondary N) is 1. The first kappa shape index (κ1) is 22.7. The summed E-state index contributed by atoms with van der Waals surface area (Å²) in [4.78, 5) is 30.1. The van der Waals surface area contributed by atoms with E-state index >= 15 is 0 Å². The summed E-state index contributed by atoms with van der Waals surface area (Å²) in [5, 5.41) is 4.30. The van der Waals surface area contributed by atoms with Crippen molar-refractivity contribution in [1.29, 1.82) is 0 Å². The quantitative estimate of drug-likeness (QED) is 0.423. The molecule has 186 valence electrons. The minimum Gasteiger partial charge on any atom is -0.467 e. The Balaban J connectivity index is 1.51. The van der Waals surface area contributed by atoms with Crippen LogP contribution in [0.3, 0.4) is 0 Å². The van der Waals surface area contributed by atoms with Crippen LogP contribution in [-0.2, 0) is 17.9 Å². The van der Waals surface area contributed by atoms with Crippen LogP contribution < -0.4 is 5.32 Å². The Labute approximate surface area is 210 Å². The fourth-order valence-corrected chi connectivity index (χ4v) is 5.91. The van der Waals surface area contributed by atoms with E-state index < -0.39 is 5.54 Å². The molecule has 0 bridgehead atoms. The molecule has 3 aromatic heterocycles. The molecule has 4 aromatic rings. The van der Waals surface area contributed by atoms with Gasteiger partial charge in [-0.05, 0) is 63.1 Å². The molecule has 1 aliphatic carbocycles. The number of carbonyl (C=O) groups is 2. The van der Waals surface area contributed by atoms with Gasteiger partial charge in [-0.25, -0.2) is 0 Å². The molecule has 7 heteroatoms. The highest BCUT2D eigenvalue weighted by molar-refractivity contribution is 6.09. The van der Waals surface area contributed by atoms with E-state index in [1.54, 1.807) is 11.2 Å². The van der Waals surface area contributed by atoms with Gasteiger partial charge in [0.25, 0.3) is 5.91 Å². The van der Waals surface area contributed by atoms with Crippen LogP contribution in [0.4, 0.5) is 0 Å². The number of hydrogen-bond acceptors (Lipinski definition) is 3. The van der Waals surface area contributed by atoms with Gasteiger partial charge in [0.1, 0.15) is 17.0 Å². The number of furan rings is 1. The topological polar surface area (TPSA) is 72.4 Å². The molecule has 2 amide bonds. The molecular formula is C29H32N4O3. The predicted octanol–water partition coefficient (Wildman–Crippen LogP) is 5.20. The van der Waals surface area contributed by atoms with Gasteiger partial charge in [0.15, 0.2) is 0 Å². The maximum Gasteiger partial charge on any atom is 0.274 e. The third-order valence-corrected chi connectivity index (χ3v) is 7.89. The standard InChI is InChI=1S/C29H32N4O3/c1-20-12-13-24-23(17-20)25(31-14-6-7-15-31)26-27(34)33(18-22-11-8-16-36-22)29(2,19-32(24)26)28(35)30-21-9-4-3-5-10-21/h6-8,11-17,21H,3-5,9-10,18-19H2,1-2H3,(H,30,35)/t29-/m0/s1. The minimum absolute atomic E-state index is 0.101. The number of rotatable bonds is 5. The second kappa shape index (κ2) is 8.73. The maximum absolute atomic E-state index is 14.4. The molecular weight excluding hydrogens is 452 g/mol. The number of benzene rings is 1. The van der Waals surface area contributed by atoms with Crippen LogP contribution in [0.15, 0.2) is 65.5 Å². The van der Waals surface area contributed by atoms with Gasteiger partial charge in [-0.15, -0.1) is 0 Å². The van der Waals surface area contributed by atoms with Gasteiger partial charge in [-0.1, -0.05) is 30.9 Å². The third-order valence-electron chi connectivity index (χ3n) is 7.89. The number of aromatic nitrogens is 2. The molecule has 6 rings (SSSR count). The molecule has 7 nitrogen and oxygen atoms in total. The van der Waals surface area contributed by atoms with Gasteiger partial charge in [0.2, 0.25) is 5.91 Å². The molecule has 1 fully saturated rings. The Hall–Kier alpha value is -3.74. The van der Waals surface area contributed by atoms with E-state index in [0.29, 0.717) is 18.0 Å². The van der Waals surface area contributed by atoms with E-state index in [4.69, 9.17) is 4.42 Å². The molecule has 0 spiro atoms. The third kappa shape index (κ3) is 3.65. The first-order chi connectivity index (χ1) is 17.5. The van der Waals surface area contributed by atoms with Crippen LogP contribution in [0, 0.1) is 6.92 Å². The summed E-state index contributed by atoms with van der Waals surface area (Å²) in [6.07, 6.45) is 11.0. The van der Waals surface area contributed by atoms with Crippen LogP contribution in [0.2, 0.25) is 0 Å². The highest BCUT2D eigenvalue weighted by Gasteiger charge is 2.49.